The molecule has 0 radical (unpaired) electrons. The van der Waals surface area contributed by atoms with Crippen LogP contribution >= 0.6 is 0 Å². The first-order valence-corrected chi connectivity index (χ1v) is 6.31. The second-order valence-corrected chi connectivity index (χ2v) is 4.50. The molecular formula is C15H12N2O4. The number of anilines is 1. The van der Waals surface area contributed by atoms with Crippen molar-refractivity contribution >= 4 is 17.4 Å². The maximum atomic E-state index is 12.2. The van der Waals surface area contributed by atoms with E-state index >= 15 is 0 Å². The molecule has 1 aliphatic rings. The number of ketones is 1. The summed E-state index contributed by atoms with van der Waals surface area (Å²) in [5.74, 6) is 0.486. The van der Waals surface area contributed by atoms with Gasteiger partial charge in [0.25, 0.3) is 5.91 Å². The highest BCUT2D eigenvalue weighted by atomic mass is 16.7. The van der Waals surface area contributed by atoms with Crippen LogP contribution in [0.2, 0.25) is 0 Å². The van der Waals surface area contributed by atoms with E-state index in [2.05, 4.69) is 10.3 Å². The van der Waals surface area contributed by atoms with Gasteiger partial charge >= 0.3 is 0 Å². The number of carbonyl (C=O) groups is 2. The minimum atomic E-state index is -0.343. The van der Waals surface area contributed by atoms with Crippen molar-refractivity contribution < 1.29 is 19.1 Å². The molecule has 0 unspecified atom stereocenters. The number of pyridine rings is 1. The second-order valence-electron chi connectivity index (χ2n) is 4.50. The third-order valence-corrected chi connectivity index (χ3v) is 3.06. The average molecular weight is 284 g/mol. The first-order valence-electron chi connectivity index (χ1n) is 6.31. The van der Waals surface area contributed by atoms with Crippen LogP contribution in [0.4, 0.5) is 5.69 Å². The summed E-state index contributed by atoms with van der Waals surface area (Å²) in [6, 6.07) is 6.47. The first kappa shape index (κ1) is 13.1. The maximum Gasteiger partial charge on any atom is 0.257 e. The van der Waals surface area contributed by atoms with Crippen LogP contribution in [-0.4, -0.2) is 23.5 Å². The summed E-state index contributed by atoms with van der Waals surface area (Å²) < 4.78 is 10.5. The Hall–Kier alpha value is -2.89. The Labute approximate surface area is 120 Å². The zero-order valence-corrected chi connectivity index (χ0v) is 11.3. The van der Waals surface area contributed by atoms with Crippen molar-refractivity contribution in [2.24, 2.45) is 0 Å². The monoisotopic (exact) mass is 284 g/mol. The number of benzene rings is 1. The molecule has 1 aliphatic heterocycles. The van der Waals surface area contributed by atoms with Gasteiger partial charge in [-0.15, -0.1) is 0 Å². The maximum absolute atomic E-state index is 12.2. The molecule has 3 rings (SSSR count). The van der Waals surface area contributed by atoms with Crippen molar-refractivity contribution in [2.75, 3.05) is 12.1 Å². The summed E-state index contributed by atoms with van der Waals surface area (Å²) in [6.07, 6.45) is 3.04. The lowest BCUT2D eigenvalue weighted by Crippen LogP contribution is -2.14. The average Bonchev–Trinajstić information content (AvgIpc) is 2.94. The Morgan fingerprint density at radius 3 is 2.67 bits per heavy atom. The van der Waals surface area contributed by atoms with E-state index in [1.54, 1.807) is 30.5 Å². The number of nitrogens with one attached hydrogen (secondary N) is 1. The molecule has 2 heterocycles. The summed E-state index contributed by atoms with van der Waals surface area (Å²) in [5.41, 5.74) is 1.17. The number of hydrogen-bond acceptors (Lipinski definition) is 5. The molecular weight excluding hydrogens is 272 g/mol. The molecule has 0 aliphatic carbocycles. The van der Waals surface area contributed by atoms with Crippen LogP contribution in [0.15, 0.2) is 36.7 Å². The number of carbonyl (C=O) groups excluding carboxylic acids is 2. The van der Waals surface area contributed by atoms with E-state index in [9.17, 15) is 9.59 Å². The van der Waals surface area contributed by atoms with Gasteiger partial charge in [-0.25, -0.2) is 0 Å². The van der Waals surface area contributed by atoms with Crippen LogP contribution in [0.3, 0.4) is 0 Å². The molecule has 0 saturated carbocycles. The quantitative estimate of drug-likeness (QED) is 0.875. The van der Waals surface area contributed by atoms with Gasteiger partial charge in [0.2, 0.25) is 6.79 Å². The lowest BCUT2D eigenvalue weighted by Gasteiger charge is -2.10. The summed E-state index contributed by atoms with van der Waals surface area (Å²) >= 11 is 0. The number of rotatable bonds is 3. The number of ether oxygens (including phenoxy) is 2. The van der Waals surface area contributed by atoms with Crippen molar-refractivity contribution in [1.82, 2.24) is 4.98 Å². The van der Waals surface area contributed by atoms with Crippen LogP contribution in [0.25, 0.3) is 0 Å². The van der Waals surface area contributed by atoms with Gasteiger partial charge in [0, 0.05) is 24.0 Å². The van der Waals surface area contributed by atoms with Crippen molar-refractivity contribution in [3.63, 3.8) is 0 Å². The van der Waals surface area contributed by atoms with Gasteiger partial charge in [-0.1, -0.05) is 0 Å². The van der Waals surface area contributed by atoms with Crippen molar-refractivity contribution in [1.29, 1.82) is 0 Å². The van der Waals surface area contributed by atoms with Crippen molar-refractivity contribution in [2.45, 2.75) is 6.92 Å². The molecule has 2 aromatic rings. The first-order chi connectivity index (χ1) is 10.1. The lowest BCUT2D eigenvalue weighted by molar-refractivity contribution is 0.101. The Kier molecular flexibility index (Phi) is 3.27. The molecule has 6 nitrogen and oxygen atoms in total. The molecule has 0 spiro atoms. The zero-order valence-electron chi connectivity index (χ0n) is 11.3. The fourth-order valence-corrected chi connectivity index (χ4v) is 2.03. The van der Waals surface area contributed by atoms with Crippen LogP contribution < -0.4 is 14.8 Å². The highest BCUT2D eigenvalue weighted by Crippen LogP contribution is 2.37. The molecule has 21 heavy (non-hydrogen) atoms. The standard InChI is InChI=1S/C15H12N2O4/c1-9(18)11-5-13-14(21-8-20-13)6-12(11)17-15(19)10-3-2-4-16-7-10/h2-7H,8H2,1H3,(H,17,19). The second kappa shape index (κ2) is 5.24. The summed E-state index contributed by atoms with van der Waals surface area (Å²) in [5, 5.41) is 2.70. The predicted molar refractivity (Wildman–Crippen MR) is 74.8 cm³/mol. The number of nitrogens with zero attached hydrogens (tertiary/aromatic N) is 1. The summed E-state index contributed by atoms with van der Waals surface area (Å²) in [7, 11) is 0. The minimum Gasteiger partial charge on any atom is -0.454 e. The van der Waals surface area contributed by atoms with Crippen LogP contribution in [0, 0.1) is 0 Å². The molecule has 0 saturated heterocycles. The number of Topliss-reactive ketones (excluding diaryl/α,β-unsaturated/α-hetero) is 1. The van der Waals surface area contributed by atoms with Crippen LogP contribution in [0.5, 0.6) is 11.5 Å². The van der Waals surface area contributed by atoms with Crippen molar-refractivity contribution in [3.05, 3.63) is 47.8 Å². The fourth-order valence-electron chi connectivity index (χ4n) is 2.03. The van der Waals surface area contributed by atoms with E-state index in [4.69, 9.17) is 9.47 Å². The fraction of sp³-hybridized carbons (Fsp3) is 0.133. The van der Waals surface area contributed by atoms with E-state index in [1.807, 2.05) is 0 Å². The van der Waals surface area contributed by atoms with Gasteiger partial charge in [-0.2, -0.15) is 0 Å². The Morgan fingerprint density at radius 1 is 1.24 bits per heavy atom. The SMILES string of the molecule is CC(=O)c1cc2c(cc1NC(=O)c1cccnc1)OCO2. The summed E-state index contributed by atoms with van der Waals surface area (Å²) in [6.45, 7) is 1.53. The van der Waals surface area contributed by atoms with Gasteiger partial charge in [0.15, 0.2) is 17.3 Å². The highest BCUT2D eigenvalue weighted by Gasteiger charge is 2.20. The van der Waals surface area contributed by atoms with E-state index in [1.165, 1.54) is 13.1 Å². The van der Waals surface area contributed by atoms with Crippen molar-refractivity contribution in [3.8, 4) is 11.5 Å². The Bertz CT molecular complexity index is 713. The topological polar surface area (TPSA) is 77.5 Å². The molecule has 1 amide bonds. The number of hydrogen-bond donors (Lipinski definition) is 1. The predicted octanol–water partition coefficient (Wildman–Crippen LogP) is 2.27. The van der Waals surface area contributed by atoms with E-state index in [0.29, 0.717) is 28.3 Å². The van der Waals surface area contributed by atoms with E-state index < -0.39 is 0 Å². The Balaban J connectivity index is 1.95. The van der Waals surface area contributed by atoms with Crippen LogP contribution in [-0.2, 0) is 0 Å². The zero-order chi connectivity index (χ0) is 14.8. The molecule has 6 heteroatoms. The third kappa shape index (κ3) is 2.55. The third-order valence-electron chi connectivity index (χ3n) is 3.06. The van der Waals surface area contributed by atoms with Crippen LogP contribution in [0.1, 0.15) is 27.6 Å². The van der Waals surface area contributed by atoms with Gasteiger partial charge in [-0.3, -0.25) is 14.6 Å². The highest BCUT2D eigenvalue weighted by molar-refractivity contribution is 6.09. The van der Waals surface area contributed by atoms with Gasteiger partial charge in [0.1, 0.15) is 0 Å². The molecule has 0 fully saturated rings. The molecule has 1 aromatic heterocycles. The Morgan fingerprint density at radius 2 is 2.00 bits per heavy atom. The molecule has 1 aromatic carbocycles. The summed E-state index contributed by atoms with van der Waals surface area (Å²) in [4.78, 5) is 27.8. The normalized spacial score (nSPS) is 12.0. The molecule has 106 valence electrons. The minimum absolute atomic E-state index is 0.104. The number of aromatic nitrogens is 1. The number of amides is 1. The van der Waals surface area contributed by atoms with E-state index in [-0.39, 0.29) is 18.5 Å². The number of fused-ring (bicyclic) bond motifs is 1. The smallest absolute Gasteiger partial charge is 0.257 e. The molecule has 1 N–H and O–H groups in total. The van der Waals surface area contributed by atoms with Gasteiger partial charge < -0.3 is 14.8 Å². The van der Waals surface area contributed by atoms with Gasteiger partial charge in [0.05, 0.1) is 11.3 Å². The molecule has 0 bridgehead atoms. The van der Waals surface area contributed by atoms with E-state index in [0.717, 1.165) is 0 Å². The lowest BCUT2D eigenvalue weighted by atomic mass is 10.1. The largest absolute Gasteiger partial charge is 0.454 e. The van der Waals surface area contributed by atoms with Gasteiger partial charge in [-0.05, 0) is 25.1 Å². The molecule has 0 atom stereocenters.